The second-order valence-electron chi connectivity index (χ2n) is 7.60. The minimum atomic E-state index is -1.69. The number of rotatable bonds is 23. The van der Waals surface area contributed by atoms with Gasteiger partial charge in [-0.05, 0) is 19.4 Å². The summed E-state index contributed by atoms with van der Waals surface area (Å²) in [4.78, 5) is 9.67. The van der Waals surface area contributed by atoms with E-state index in [9.17, 15) is 4.89 Å². The van der Waals surface area contributed by atoms with Gasteiger partial charge in [-0.2, -0.15) is 0 Å². The molecular formula is C22H48NO3P. The monoisotopic (exact) mass is 405 g/mol. The fourth-order valence-electron chi connectivity index (χ4n) is 3.12. The molecule has 0 aromatic rings. The van der Waals surface area contributed by atoms with Crippen molar-refractivity contribution in [3.05, 3.63) is 0 Å². The van der Waals surface area contributed by atoms with Gasteiger partial charge in [0.15, 0.2) is 0 Å². The molecule has 0 fully saturated rings. The Bertz CT molecular complexity index is 270. The van der Waals surface area contributed by atoms with Crippen molar-refractivity contribution in [2.24, 2.45) is 0 Å². The molecule has 1 atom stereocenters. The van der Waals surface area contributed by atoms with Crippen LogP contribution in [0.15, 0.2) is 0 Å². The van der Waals surface area contributed by atoms with Crippen molar-refractivity contribution >= 4 is 8.60 Å². The lowest BCUT2D eigenvalue weighted by molar-refractivity contribution is 0.197. The predicted octanol–water partition coefficient (Wildman–Crippen LogP) is 7.11. The van der Waals surface area contributed by atoms with Crippen LogP contribution < -0.4 is 5.32 Å². The zero-order chi connectivity index (χ0) is 19.8. The third-order valence-corrected chi connectivity index (χ3v) is 5.69. The van der Waals surface area contributed by atoms with Gasteiger partial charge in [-0.1, -0.05) is 104 Å². The summed E-state index contributed by atoms with van der Waals surface area (Å²) >= 11 is 0. The van der Waals surface area contributed by atoms with E-state index < -0.39 is 8.60 Å². The molecule has 0 saturated heterocycles. The average molecular weight is 406 g/mol. The van der Waals surface area contributed by atoms with Crippen molar-refractivity contribution in [3.63, 3.8) is 0 Å². The van der Waals surface area contributed by atoms with Crippen LogP contribution in [0.25, 0.3) is 0 Å². The van der Waals surface area contributed by atoms with E-state index in [1.165, 1.54) is 96.3 Å². The molecule has 0 amide bonds. The lowest BCUT2D eigenvalue weighted by Gasteiger charge is -2.11. The molecule has 1 unspecified atom stereocenters. The predicted molar refractivity (Wildman–Crippen MR) is 119 cm³/mol. The molecule has 0 aliphatic heterocycles. The van der Waals surface area contributed by atoms with E-state index in [1.54, 1.807) is 0 Å². The average Bonchev–Trinajstić information content (AvgIpc) is 2.67. The standard InChI is InChI=1S/C22H48NO3P/c1-3-5-7-9-11-12-13-14-15-17-19-23-20-22-26-27(24)25-21-18-16-10-8-6-4-2/h23-24H,3-22H2,1-2H3. The van der Waals surface area contributed by atoms with Crippen LogP contribution in [0.3, 0.4) is 0 Å². The molecule has 5 heteroatoms. The highest BCUT2D eigenvalue weighted by Crippen LogP contribution is 2.32. The van der Waals surface area contributed by atoms with E-state index in [2.05, 4.69) is 19.2 Å². The van der Waals surface area contributed by atoms with Gasteiger partial charge >= 0.3 is 8.60 Å². The maximum Gasteiger partial charge on any atom is 0.329 e. The Kier molecular flexibility index (Phi) is 24.6. The Morgan fingerprint density at radius 3 is 1.56 bits per heavy atom. The summed E-state index contributed by atoms with van der Waals surface area (Å²) in [6.07, 6.45) is 21.1. The summed E-state index contributed by atoms with van der Waals surface area (Å²) in [5.41, 5.74) is 0. The molecule has 164 valence electrons. The van der Waals surface area contributed by atoms with Crippen molar-refractivity contribution in [1.82, 2.24) is 5.32 Å². The second-order valence-corrected chi connectivity index (χ2v) is 8.60. The van der Waals surface area contributed by atoms with Crippen LogP contribution in [0.1, 0.15) is 117 Å². The lowest BCUT2D eigenvalue weighted by atomic mass is 10.1. The van der Waals surface area contributed by atoms with E-state index in [0.29, 0.717) is 13.2 Å². The first kappa shape index (κ1) is 27.3. The smallest absolute Gasteiger partial charge is 0.328 e. The number of hydrogen-bond donors (Lipinski definition) is 2. The molecule has 0 heterocycles. The molecule has 0 aliphatic carbocycles. The van der Waals surface area contributed by atoms with Gasteiger partial charge in [-0.3, -0.25) is 0 Å². The molecule has 0 saturated carbocycles. The Morgan fingerprint density at radius 1 is 0.556 bits per heavy atom. The van der Waals surface area contributed by atoms with Crippen LogP contribution in [0.2, 0.25) is 0 Å². The molecule has 0 aliphatic rings. The summed E-state index contributed by atoms with van der Waals surface area (Å²) in [7, 11) is -1.69. The van der Waals surface area contributed by atoms with Gasteiger partial charge in [0.1, 0.15) is 0 Å². The van der Waals surface area contributed by atoms with Crippen molar-refractivity contribution in [1.29, 1.82) is 0 Å². The lowest BCUT2D eigenvalue weighted by Crippen LogP contribution is -2.20. The Hall–Kier alpha value is 0.270. The van der Waals surface area contributed by atoms with Crippen molar-refractivity contribution in [2.75, 3.05) is 26.3 Å². The minimum absolute atomic E-state index is 0.524. The van der Waals surface area contributed by atoms with Crippen LogP contribution in [0.5, 0.6) is 0 Å². The maximum absolute atomic E-state index is 9.67. The molecule has 2 N–H and O–H groups in total. The van der Waals surface area contributed by atoms with Crippen LogP contribution in [0, 0.1) is 0 Å². The fourth-order valence-corrected chi connectivity index (χ4v) is 3.73. The highest BCUT2D eigenvalue weighted by molar-refractivity contribution is 7.40. The number of unbranched alkanes of at least 4 members (excludes halogenated alkanes) is 14. The maximum atomic E-state index is 9.67. The normalized spacial score (nSPS) is 12.6. The van der Waals surface area contributed by atoms with Gasteiger partial charge < -0.3 is 19.3 Å². The molecule has 0 aromatic carbocycles. The molecule has 0 rings (SSSR count). The third-order valence-electron chi connectivity index (χ3n) is 4.89. The van der Waals surface area contributed by atoms with Crippen LogP contribution in [-0.2, 0) is 9.05 Å². The fraction of sp³-hybridized carbons (Fsp3) is 1.00. The Balaban J connectivity index is 3.10. The molecule has 0 aromatic heterocycles. The SMILES string of the molecule is CCCCCCCCCCCCNCCOP(O)OCCCCCCCC. The van der Waals surface area contributed by atoms with Crippen molar-refractivity contribution < 1.29 is 13.9 Å². The van der Waals surface area contributed by atoms with E-state index in [0.717, 1.165) is 19.5 Å². The third kappa shape index (κ3) is 24.2. The van der Waals surface area contributed by atoms with Gasteiger partial charge in [-0.15, -0.1) is 0 Å². The Morgan fingerprint density at radius 2 is 1.00 bits per heavy atom. The van der Waals surface area contributed by atoms with Gasteiger partial charge in [-0.25, -0.2) is 0 Å². The van der Waals surface area contributed by atoms with Gasteiger partial charge in [0.2, 0.25) is 0 Å². The molecule has 0 bridgehead atoms. The van der Waals surface area contributed by atoms with Crippen molar-refractivity contribution in [2.45, 2.75) is 117 Å². The first-order chi connectivity index (χ1) is 13.3. The van der Waals surface area contributed by atoms with Crippen molar-refractivity contribution in [3.8, 4) is 0 Å². The summed E-state index contributed by atoms with van der Waals surface area (Å²) in [6, 6.07) is 0. The summed E-state index contributed by atoms with van der Waals surface area (Å²) in [5, 5.41) is 3.38. The quantitative estimate of drug-likeness (QED) is 0.140. The second kappa shape index (κ2) is 24.3. The van der Waals surface area contributed by atoms with Crippen LogP contribution >= 0.6 is 8.60 Å². The molecule has 27 heavy (non-hydrogen) atoms. The zero-order valence-electron chi connectivity index (χ0n) is 18.4. The molecule has 0 radical (unpaired) electrons. The minimum Gasteiger partial charge on any atom is -0.328 e. The first-order valence-electron chi connectivity index (χ1n) is 11.8. The molecular weight excluding hydrogens is 357 g/mol. The largest absolute Gasteiger partial charge is 0.329 e. The first-order valence-corrected chi connectivity index (χ1v) is 12.9. The zero-order valence-corrected chi connectivity index (χ0v) is 19.2. The topological polar surface area (TPSA) is 50.7 Å². The highest BCUT2D eigenvalue weighted by atomic mass is 31.2. The number of hydrogen-bond acceptors (Lipinski definition) is 4. The molecule has 4 nitrogen and oxygen atoms in total. The van der Waals surface area contributed by atoms with Gasteiger partial charge in [0.05, 0.1) is 13.2 Å². The summed E-state index contributed by atoms with van der Waals surface area (Å²) < 4.78 is 10.7. The van der Waals surface area contributed by atoms with Gasteiger partial charge in [0, 0.05) is 6.54 Å². The van der Waals surface area contributed by atoms with Crippen LogP contribution in [0.4, 0.5) is 0 Å². The molecule has 0 spiro atoms. The van der Waals surface area contributed by atoms with Crippen LogP contribution in [-0.4, -0.2) is 31.2 Å². The highest BCUT2D eigenvalue weighted by Gasteiger charge is 2.05. The van der Waals surface area contributed by atoms with E-state index in [4.69, 9.17) is 9.05 Å². The van der Waals surface area contributed by atoms with E-state index in [-0.39, 0.29) is 0 Å². The van der Waals surface area contributed by atoms with Gasteiger partial charge in [0.25, 0.3) is 0 Å². The summed E-state index contributed by atoms with van der Waals surface area (Å²) in [6.45, 7) is 7.47. The number of nitrogens with one attached hydrogen (secondary N) is 1. The van der Waals surface area contributed by atoms with E-state index >= 15 is 0 Å². The van der Waals surface area contributed by atoms with E-state index in [1.807, 2.05) is 0 Å². The Labute approximate surface area is 171 Å². The summed E-state index contributed by atoms with van der Waals surface area (Å²) in [5.74, 6) is 0.